The third-order valence-corrected chi connectivity index (χ3v) is 4.10. The Balaban J connectivity index is 1.69. The monoisotopic (exact) mass is 368 g/mol. The van der Waals surface area contributed by atoms with Gasteiger partial charge in [0.25, 0.3) is 5.91 Å². The fourth-order valence-electron chi connectivity index (χ4n) is 2.82. The van der Waals surface area contributed by atoms with Crippen LogP contribution in [0.25, 0.3) is 0 Å². The number of piperidine rings is 1. The second-order valence-electron chi connectivity index (χ2n) is 5.91. The molecule has 2 aromatic rings. The van der Waals surface area contributed by atoms with Crippen molar-refractivity contribution in [3.8, 4) is 0 Å². The number of hydrogen-bond acceptors (Lipinski definition) is 5. The maximum atomic E-state index is 12.8. The third-order valence-electron chi connectivity index (χ3n) is 4.10. The lowest BCUT2D eigenvalue weighted by Gasteiger charge is -2.32. The Morgan fingerprint density at radius 1 is 1.31 bits per heavy atom. The van der Waals surface area contributed by atoms with Crippen molar-refractivity contribution in [2.45, 2.75) is 19.0 Å². The molecular formula is C15H15F3N6O2. The maximum absolute atomic E-state index is 12.8. The molecule has 1 aliphatic heterocycles. The molecule has 1 atom stereocenters. The number of nitrogens with zero attached hydrogens (tertiary/aromatic N) is 4. The number of carbonyl (C=O) groups excluding carboxylic acids is 2. The van der Waals surface area contributed by atoms with E-state index < -0.39 is 23.6 Å². The molecule has 8 nitrogen and oxygen atoms in total. The van der Waals surface area contributed by atoms with Crippen LogP contribution in [0.15, 0.2) is 24.3 Å². The van der Waals surface area contributed by atoms with Crippen molar-refractivity contribution < 1.29 is 22.8 Å². The number of anilines is 1. The molecule has 0 saturated carbocycles. The van der Waals surface area contributed by atoms with Gasteiger partial charge in [0.05, 0.1) is 11.5 Å². The molecule has 0 spiro atoms. The summed E-state index contributed by atoms with van der Waals surface area (Å²) < 4.78 is 38.5. The molecule has 1 aliphatic rings. The average molecular weight is 368 g/mol. The summed E-state index contributed by atoms with van der Waals surface area (Å²) in [6.07, 6.45) is -3.40. The van der Waals surface area contributed by atoms with E-state index >= 15 is 0 Å². The lowest BCUT2D eigenvalue weighted by molar-refractivity contribution is -0.137. The molecule has 0 aliphatic carbocycles. The lowest BCUT2D eigenvalue weighted by atomic mass is 9.96. The zero-order chi connectivity index (χ0) is 18.7. The highest BCUT2D eigenvalue weighted by atomic mass is 19.4. The topological polar surface area (TPSA) is 104 Å². The van der Waals surface area contributed by atoms with Gasteiger partial charge in [-0.05, 0) is 41.5 Å². The van der Waals surface area contributed by atoms with Gasteiger partial charge >= 0.3 is 6.18 Å². The molecule has 1 aromatic carbocycles. The number of rotatable bonds is 3. The molecule has 1 saturated heterocycles. The van der Waals surface area contributed by atoms with Gasteiger partial charge in [-0.3, -0.25) is 14.9 Å². The SMILES string of the molecule is O=C(Nc1nnn[nH]1)[C@H]1CCCN(C(=O)c2cccc(C(F)(F)F)c2)C1. The van der Waals surface area contributed by atoms with Gasteiger partial charge in [0.15, 0.2) is 0 Å². The van der Waals surface area contributed by atoms with Gasteiger partial charge < -0.3 is 4.90 Å². The van der Waals surface area contributed by atoms with Crippen LogP contribution in [-0.2, 0) is 11.0 Å². The van der Waals surface area contributed by atoms with Crippen molar-refractivity contribution in [1.29, 1.82) is 0 Å². The summed E-state index contributed by atoms with van der Waals surface area (Å²) in [5.41, 5.74) is -0.937. The number of alkyl halides is 3. The molecule has 1 fully saturated rings. The Morgan fingerprint density at radius 2 is 2.12 bits per heavy atom. The Bertz CT molecular complexity index is 793. The summed E-state index contributed by atoms with van der Waals surface area (Å²) in [4.78, 5) is 26.2. The highest BCUT2D eigenvalue weighted by molar-refractivity contribution is 5.96. The number of benzene rings is 1. The molecule has 2 amide bonds. The van der Waals surface area contributed by atoms with Crippen LogP contribution < -0.4 is 5.32 Å². The van der Waals surface area contributed by atoms with Crippen molar-refractivity contribution >= 4 is 17.8 Å². The molecule has 0 bridgehead atoms. The lowest BCUT2D eigenvalue weighted by Crippen LogP contribution is -2.43. The Labute approximate surface area is 145 Å². The Hall–Kier alpha value is -2.98. The van der Waals surface area contributed by atoms with Crippen molar-refractivity contribution in [1.82, 2.24) is 25.5 Å². The molecule has 0 radical (unpaired) electrons. The number of aromatic amines is 1. The van der Waals surface area contributed by atoms with E-state index in [1.165, 1.54) is 17.0 Å². The Morgan fingerprint density at radius 3 is 2.81 bits per heavy atom. The van der Waals surface area contributed by atoms with Gasteiger partial charge in [0, 0.05) is 18.7 Å². The molecule has 138 valence electrons. The minimum Gasteiger partial charge on any atom is -0.338 e. The van der Waals surface area contributed by atoms with Crippen molar-refractivity contribution in [3.05, 3.63) is 35.4 Å². The zero-order valence-electron chi connectivity index (χ0n) is 13.5. The van der Waals surface area contributed by atoms with Crippen molar-refractivity contribution in [3.63, 3.8) is 0 Å². The fourth-order valence-corrected chi connectivity index (χ4v) is 2.82. The third kappa shape index (κ3) is 3.98. The summed E-state index contributed by atoms with van der Waals surface area (Å²) in [6.45, 7) is 0.491. The number of hydrogen-bond donors (Lipinski definition) is 2. The van der Waals surface area contributed by atoms with Crippen LogP contribution in [0.5, 0.6) is 0 Å². The normalized spacial score (nSPS) is 17.8. The van der Waals surface area contributed by atoms with E-state index in [0.29, 0.717) is 19.4 Å². The van der Waals surface area contributed by atoms with Gasteiger partial charge in [-0.15, -0.1) is 0 Å². The highest BCUT2D eigenvalue weighted by Gasteiger charge is 2.33. The van der Waals surface area contributed by atoms with Gasteiger partial charge in [-0.1, -0.05) is 11.2 Å². The number of carbonyl (C=O) groups is 2. The number of tetrazole rings is 1. The predicted molar refractivity (Wildman–Crippen MR) is 82.9 cm³/mol. The van der Waals surface area contributed by atoms with Crippen LogP contribution in [0.1, 0.15) is 28.8 Å². The molecule has 2 heterocycles. The Kier molecular flexibility index (Phi) is 4.87. The smallest absolute Gasteiger partial charge is 0.338 e. The molecule has 26 heavy (non-hydrogen) atoms. The summed E-state index contributed by atoms with van der Waals surface area (Å²) in [5, 5.41) is 15.1. The maximum Gasteiger partial charge on any atom is 0.416 e. The number of amides is 2. The minimum absolute atomic E-state index is 0.0553. The second kappa shape index (κ2) is 7.10. The molecule has 0 unspecified atom stereocenters. The predicted octanol–water partition coefficient (Wildman–Crippen LogP) is 1.71. The average Bonchev–Trinajstić information content (AvgIpc) is 3.13. The van der Waals surface area contributed by atoms with E-state index in [4.69, 9.17) is 0 Å². The number of halogens is 3. The summed E-state index contributed by atoms with van der Waals surface area (Å²) in [6, 6.07) is 4.27. The van der Waals surface area contributed by atoms with Gasteiger partial charge in [0.2, 0.25) is 11.9 Å². The summed E-state index contributed by atoms with van der Waals surface area (Å²) >= 11 is 0. The first kappa shape index (κ1) is 17.8. The highest BCUT2D eigenvalue weighted by Crippen LogP contribution is 2.30. The van der Waals surface area contributed by atoms with Crippen LogP contribution in [0.4, 0.5) is 19.1 Å². The van der Waals surface area contributed by atoms with Crippen LogP contribution in [-0.4, -0.2) is 50.4 Å². The van der Waals surface area contributed by atoms with Crippen molar-refractivity contribution in [2.24, 2.45) is 5.92 Å². The van der Waals surface area contributed by atoms with E-state index in [-0.39, 0.29) is 24.0 Å². The molecular weight excluding hydrogens is 353 g/mol. The van der Waals surface area contributed by atoms with Gasteiger partial charge in [-0.2, -0.15) is 13.2 Å². The van der Waals surface area contributed by atoms with E-state index in [1.807, 2.05) is 0 Å². The molecule has 11 heteroatoms. The van der Waals surface area contributed by atoms with Crippen LogP contribution in [0.2, 0.25) is 0 Å². The van der Waals surface area contributed by atoms with Gasteiger partial charge in [0.1, 0.15) is 0 Å². The number of aromatic nitrogens is 4. The van der Waals surface area contributed by atoms with Gasteiger partial charge in [-0.25, -0.2) is 5.10 Å². The van der Waals surface area contributed by atoms with Crippen LogP contribution in [0.3, 0.4) is 0 Å². The summed E-state index contributed by atoms with van der Waals surface area (Å²) in [5.74, 6) is -1.29. The molecule has 2 N–H and O–H groups in total. The first-order chi connectivity index (χ1) is 12.3. The molecule has 3 rings (SSSR count). The van der Waals surface area contributed by atoms with Crippen LogP contribution >= 0.6 is 0 Å². The fraction of sp³-hybridized carbons (Fsp3) is 0.400. The van der Waals surface area contributed by atoms with E-state index in [9.17, 15) is 22.8 Å². The van der Waals surface area contributed by atoms with E-state index in [1.54, 1.807) is 0 Å². The first-order valence-electron chi connectivity index (χ1n) is 7.86. The summed E-state index contributed by atoms with van der Waals surface area (Å²) in [7, 11) is 0. The first-order valence-corrected chi connectivity index (χ1v) is 7.86. The minimum atomic E-state index is -4.52. The quantitative estimate of drug-likeness (QED) is 0.858. The van der Waals surface area contributed by atoms with E-state index in [0.717, 1.165) is 12.1 Å². The van der Waals surface area contributed by atoms with Crippen LogP contribution in [0, 0.1) is 5.92 Å². The largest absolute Gasteiger partial charge is 0.416 e. The number of likely N-dealkylation sites (tertiary alicyclic amines) is 1. The van der Waals surface area contributed by atoms with E-state index in [2.05, 4.69) is 25.9 Å². The number of H-pyrrole nitrogens is 1. The standard InChI is InChI=1S/C15H15F3N6O2/c16-15(17,18)11-5-1-3-9(7-11)13(26)24-6-2-4-10(8-24)12(25)19-14-20-22-23-21-14/h1,3,5,7,10H,2,4,6,8H2,(H2,19,20,21,22,23,25)/t10-/m0/s1. The molecule has 1 aromatic heterocycles. The number of nitrogens with one attached hydrogen (secondary N) is 2. The zero-order valence-corrected chi connectivity index (χ0v) is 13.5. The second-order valence-corrected chi connectivity index (χ2v) is 5.91. The van der Waals surface area contributed by atoms with Crippen molar-refractivity contribution in [2.75, 3.05) is 18.4 Å².